The number of aromatic nitrogens is 3. The van der Waals surface area contributed by atoms with Crippen molar-refractivity contribution in [1.82, 2.24) is 19.7 Å². The zero-order valence-electron chi connectivity index (χ0n) is 16.5. The maximum Gasteiger partial charge on any atom is 0.282 e. The van der Waals surface area contributed by atoms with Crippen LogP contribution >= 0.6 is 11.6 Å². The van der Waals surface area contributed by atoms with E-state index < -0.39 is 0 Å². The van der Waals surface area contributed by atoms with E-state index in [1.165, 1.54) is 4.68 Å². The monoisotopic (exact) mass is 420 g/mol. The fourth-order valence-electron chi connectivity index (χ4n) is 3.34. The fraction of sp³-hybridized carbons (Fsp3) is 0.174. The van der Waals surface area contributed by atoms with Crippen molar-refractivity contribution in [2.45, 2.75) is 26.4 Å². The Hall–Kier alpha value is -3.38. The first-order chi connectivity index (χ1) is 14.6. The van der Waals surface area contributed by atoms with Crippen LogP contribution in [0.4, 0.5) is 0 Å². The van der Waals surface area contributed by atoms with Crippen LogP contribution in [0.3, 0.4) is 0 Å². The molecule has 0 atom stereocenters. The minimum Gasteiger partial charge on any atom is -0.353 e. The molecular weight excluding hydrogens is 400 g/mol. The second-order valence-corrected chi connectivity index (χ2v) is 7.47. The van der Waals surface area contributed by atoms with Gasteiger partial charge in [0.05, 0.1) is 16.8 Å². The molecule has 1 N–H and O–H groups in total. The highest BCUT2D eigenvalue weighted by Crippen LogP contribution is 2.22. The van der Waals surface area contributed by atoms with Gasteiger partial charge in [0.2, 0.25) is 0 Å². The summed E-state index contributed by atoms with van der Waals surface area (Å²) in [6.07, 6.45) is 4.40. The third-order valence-corrected chi connectivity index (χ3v) is 5.07. The van der Waals surface area contributed by atoms with E-state index in [4.69, 9.17) is 11.6 Å². The van der Waals surface area contributed by atoms with Crippen LogP contribution in [0.1, 0.15) is 29.3 Å². The minimum absolute atomic E-state index is 0.242. The van der Waals surface area contributed by atoms with Gasteiger partial charge in [-0.15, -0.1) is 0 Å². The van der Waals surface area contributed by atoms with Gasteiger partial charge in [0.1, 0.15) is 5.69 Å². The lowest BCUT2D eigenvalue weighted by molar-refractivity contribution is 0.0950. The van der Waals surface area contributed by atoms with Crippen molar-refractivity contribution >= 4 is 17.5 Å². The second kappa shape index (κ2) is 8.55. The first kappa shape index (κ1) is 19.9. The van der Waals surface area contributed by atoms with Crippen molar-refractivity contribution in [3.63, 3.8) is 0 Å². The number of aryl methyl sites for hydroxylation is 1. The Bertz CT molecular complexity index is 1200. The largest absolute Gasteiger partial charge is 0.353 e. The van der Waals surface area contributed by atoms with Crippen LogP contribution in [-0.4, -0.2) is 20.3 Å². The van der Waals surface area contributed by atoms with Gasteiger partial charge in [0, 0.05) is 30.5 Å². The second-order valence-electron chi connectivity index (χ2n) is 7.03. The molecule has 0 saturated heterocycles. The number of amides is 1. The number of para-hydroxylation sites is 1. The van der Waals surface area contributed by atoms with Crippen molar-refractivity contribution in [2.24, 2.45) is 0 Å². The lowest BCUT2D eigenvalue weighted by Crippen LogP contribution is -2.25. The Morgan fingerprint density at radius 2 is 1.80 bits per heavy atom. The van der Waals surface area contributed by atoms with E-state index in [0.29, 0.717) is 40.6 Å². The lowest BCUT2D eigenvalue weighted by atomic mass is 10.1. The molecule has 2 aromatic rings. The van der Waals surface area contributed by atoms with E-state index in [2.05, 4.69) is 10.4 Å². The third-order valence-electron chi connectivity index (χ3n) is 4.82. The molecule has 1 amide bonds. The summed E-state index contributed by atoms with van der Waals surface area (Å²) in [5.74, 6) is -0.280. The molecule has 0 bridgehead atoms. The first-order valence-corrected chi connectivity index (χ1v) is 10.2. The molecule has 0 aromatic heterocycles. The highest BCUT2D eigenvalue weighted by Gasteiger charge is 2.24. The average Bonchev–Trinajstić information content (AvgIpc) is 3.10. The summed E-state index contributed by atoms with van der Waals surface area (Å²) in [4.78, 5) is 26.0. The number of rotatable bonds is 6. The number of halogens is 1. The molecule has 4 rings (SSSR count). The number of nitrogens with one attached hydrogen (secondary N) is 1. The fourth-order valence-corrected chi connectivity index (χ4v) is 3.46. The molecule has 0 radical (unpaired) electrons. The maximum absolute atomic E-state index is 13.0. The number of fused-ring (bicyclic) bond motifs is 1. The van der Waals surface area contributed by atoms with Crippen molar-refractivity contribution in [3.05, 3.63) is 93.5 Å². The Balaban J connectivity index is 1.72. The Morgan fingerprint density at radius 1 is 1.07 bits per heavy atom. The van der Waals surface area contributed by atoms with Crippen molar-refractivity contribution < 1.29 is 4.79 Å². The van der Waals surface area contributed by atoms with Crippen LogP contribution in [0.15, 0.2) is 71.8 Å². The Kier molecular flexibility index (Phi) is 5.68. The van der Waals surface area contributed by atoms with Gasteiger partial charge in [-0.25, -0.2) is 0 Å². The number of hydrogen-bond donors (Lipinski definition) is 1. The van der Waals surface area contributed by atoms with Gasteiger partial charge in [0.15, 0.2) is 0 Å². The number of carbonyl (C=O) groups excluding carboxylic acids is 1. The summed E-state index contributed by atoms with van der Waals surface area (Å²) >= 11 is 5.92. The van der Waals surface area contributed by atoms with Crippen molar-refractivity contribution in [3.8, 4) is 16.9 Å². The summed E-state index contributed by atoms with van der Waals surface area (Å²) in [5.41, 5.74) is 2.54. The van der Waals surface area contributed by atoms with E-state index in [1.807, 2.05) is 54.0 Å². The van der Waals surface area contributed by atoms with Crippen LogP contribution in [0.25, 0.3) is 16.9 Å². The smallest absolute Gasteiger partial charge is 0.282 e. The number of pyridine rings is 1. The van der Waals surface area contributed by atoms with E-state index in [0.717, 1.165) is 12.0 Å². The third kappa shape index (κ3) is 4.00. The molecule has 30 heavy (non-hydrogen) atoms. The predicted octanol–water partition coefficient (Wildman–Crippen LogP) is 4.13. The van der Waals surface area contributed by atoms with E-state index in [1.54, 1.807) is 24.5 Å². The van der Waals surface area contributed by atoms with Crippen LogP contribution in [0.5, 0.6) is 0 Å². The molecule has 152 valence electrons. The van der Waals surface area contributed by atoms with Crippen LogP contribution in [0.2, 0.25) is 5.02 Å². The molecule has 2 aromatic carbocycles. The normalized spacial score (nSPS) is 11.0. The molecular formula is C23H21ClN4O2. The molecule has 0 spiro atoms. The summed E-state index contributed by atoms with van der Waals surface area (Å²) < 4.78 is 3.22. The van der Waals surface area contributed by atoms with Gasteiger partial charge in [0.25, 0.3) is 11.5 Å². The van der Waals surface area contributed by atoms with Crippen molar-refractivity contribution in [1.29, 1.82) is 0 Å². The minimum atomic E-state index is -0.280. The number of nitrogens with zero attached hydrogens (tertiary/aromatic N) is 3. The van der Waals surface area contributed by atoms with Crippen LogP contribution in [-0.2, 0) is 13.1 Å². The molecule has 0 aliphatic carbocycles. The van der Waals surface area contributed by atoms with Gasteiger partial charge in [-0.05, 0) is 36.2 Å². The molecule has 6 nitrogen and oxygen atoms in total. The van der Waals surface area contributed by atoms with E-state index in [-0.39, 0.29) is 11.5 Å². The molecule has 7 heteroatoms. The van der Waals surface area contributed by atoms with Gasteiger partial charge < -0.3 is 9.88 Å². The quantitative estimate of drug-likeness (QED) is 0.510. The lowest BCUT2D eigenvalue weighted by Gasteiger charge is -2.12. The summed E-state index contributed by atoms with van der Waals surface area (Å²) in [6.45, 7) is 3.09. The highest BCUT2D eigenvalue weighted by molar-refractivity contribution is 6.30. The SMILES string of the molecule is CCCn1cc(C(=O)NCc2ccc(Cl)cc2)c2nn(-c3ccccc3)c(=O)c-2c1. The Labute approximate surface area is 179 Å². The van der Waals surface area contributed by atoms with Gasteiger partial charge >= 0.3 is 0 Å². The number of benzene rings is 2. The van der Waals surface area contributed by atoms with Gasteiger partial charge in [-0.2, -0.15) is 9.78 Å². The maximum atomic E-state index is 13.0. The molecule has 0 unspecified atom stereocenters. The first-order valence-electron chi connectivity index (χ1n) is 9.77. The van der Waals surface area contributed by atoms with E-state index in [9.17, 15) is 9.59 Å². The summed E-state index contributed by atoms with van der Waals surface area (Å²) in [6, 6.07) is 16.5. The molecule has 0 fully saturated rings. The molecule has 0 saturated carbocycles. The standard InChI is InChI=1S/C23H21ClN4O2/c1-2-12-27-14-19(22(29)25-13-16-8-10-17(24)11-9-16)21-20(15-27)23(30)28(26-21)18-6-4-3-5-7-18/h3-11,14-15H,2,12-13H2,1H3,(H,25,29). The van der Waals surface area contributed by atoms with Gasteiger partial charge in [-0.1, -0.05) is 48.9 Å². The van der Waals surface area contributed by atoms with Crippen LogP contribution in [0, 0.1) is 0 Å². The van der Waals surface area contributed by atoms with Gasteiger partial charge in [-0.3, -0.25) is 9.59 Å². The van der Waals surface area contributed by atoms with Crippen molar-refractivity contribution in [2.75, 3.05) is 0 Å². The zero-order chi connectivity index (χ0) is 21.1. The molecule has 2 aliphatic rings. The number of hydrogen-bond acceptors (Lipinski definition) is 3. The summed E-state index contributed by atoms with van der Waals surface area (Å²) in [7, 11) is 0. The highest BCUT2D eigenvalue weighted by atomic mass is 35.5. The molecule has 2 aliphatic heterocycles. The topological polar surface area (TPSA) is 68.9 Å². The Morgan fingerprint density at radius 3 is 2.50 bits per heavy atom. The molecule has 2 heterocycles. The average molecular weight is 421 g/mol. The zero-order valence-corrected chi connectivity index (χ0v) is 17.3. The summed E-state index contributed by atoms with van der Waals surface area (Å²) in [5, 5.41) is 8.05. The predicted molar refractivity (Wildman–Crippen MR) is 117 cm³/mol. The van der Waals surface area contributed by atoms with Crippen LogP contribution < -0.4 is 10.9 Å². The number of carbonyl (C=O) groups is 1. The van der Waals surface area contributed by atoms with E-state index >= 15 is 0 Å².